The minimum atomic E-state index is 0.673. The third kappa shape index (κ3) is 7.35. The van der Waals surface area contributed by atoms with Crippen molar-refractivity contribution in [3.05, 3.63) is 0 Å². The highest BCUT2D eigenvalue weighted by Gasteiger charge is 2.04. The summed E-state index contributed by atoms with van der Waals surface area (Å²) in [5.41, 5.74) is 0. The Hall–Kier alpha value is 0.270. The Morgan fingerprint density at radius 2 is 2.00 bits per heavy atom. The van der Waals surface area contributed by atoms with Gasteiger partial charge in [0.2, 0.25) is 0 Å². The van der Waals surface area contributed by atoms with Gasteiger partial charge in [-0.15, -0.1) is 0 Å². The second-order valence-electron chi connectivity index (χ2n) is 3.47. The molecule has 0 aliphatic carbocycles. The van der Waals surface area contributed by atoms with Crippen molar-refractivity contribution >= 4 is 11.8 Å². The molecule has 1 N–H and O–H groups in total. The molecule has 0 atom stereocenters. The molecule has 0 bridgehead atoms. The summed E-state index contributed by atoms with van der Waals surface area (Å²) in [4.78, 5) is 2.48. The molecular weight excluding hydrogens is 180 g/mol. The summed E-state index contributed by atoms with van der Waals surface area (Å²) in [5, 5.41) is 3.44. The molecule has 0 saturated heterocycles. The maximum absolute atomic E-state index is 3.44. The van der Waals surface area contributed by atoms with Gasteiger partial charge in [-0.05, 0) is 26.6 Å². The van der Waals surface area contributed by atoms with Gasteiger partial charge in [-0.3, -0.25) is 4.90 Å². The van der Waals surface area contributed by atoms with Gasteiger partial charge in [-0.1, -0.05) is 6.92 Å². The number of hydrogen-bond donors (Lipinski definition) is 1. The Kier molecular flexibility index (Phi) is 9.03. The Morgan fingerprint density at radius 1 is 1.31 bits per heavy atom. The van der Waals surface area contributed by atoms with Crippen LogP contribution in [-0.4, -0.2) is 49.1 Å². The average Bonchev–Trinajstić information content (AvgIpc) is 2.10. The number of nitrogens with zero attached hydrogens (tertiary/aromatic N) is 1. The first-order chi connectivity index (χ1) is 6.22. The van der Waals surface area contributed by atoms with E-state index < -0.39 is 0 Å². The molecule has 80 valence electrons. The van der Waals surface area contributed by atoms with E-state index in [1.54, 1.807) is 0 Å². The maximum atomic E-state index is 3.44. The largest absolute Gasteiger partial charge is 0.315 e. The van der Waals surface area contributed by atoms with Crippen LogP contribution in [0.1, 0.15) is 20.8 Å². The van der Waals surface area contributed by atoms with Crippen LogP contribution in [0.25, 0.3) is 0 Å². The molecule has 0 rings (SSSR count). The fourth-order valence-electron chi connectivity index (χ4n) is 1.30. The standard InChI is InChI=1S/C10H24N2S/c1-5-12(10(2)3)8-6-11-7-9-13-4/h10-11H,5-9H2,1-4H3. The first kappa shape index (κ1) is 13.3. The van der Waals surface area contributed by atoms with Crippen LogP contribution in [0.4, 0.5) is 0 Å². The zero-order valence-electron chi connectivity index (χ0n) is 9.47. The maximum Gasteiger partial charge on any atom is 0.0109 e. The molecule has 0 aliphatic heterocycles. The molecule has 2 nitrogen and oxygen atoms in total. The zero-order valence-corrected chi connectivity index (χ0v) is 10.3. The van der Waals surface area contributed by atoms with Crippen LogP contribution < -0.4 is 5.32 Å². The second kappa shape index (κ2) is 8.85. The first-order valence-electron chi connectivity index (χ1n) is 5.16. The molecule has 0 aliphatic rings. The zero-order chi connectivity index (χ0) is 10.1. The summed E-state index contributed by atoms with van der Waals surface area (Å²) in [7, 11) is 0. The predicted molar refractivity (Wildman–Crippen MR) is 63.6 cm³/mol. The van der Waals surface area contributed by atoms with E-state index in [2.05, 4.69) is 37.2 Å². The van der Waals surface area contributed by atoms with E-state index in [0.717, 1.165) is 19.6 Å². The topological polar surface area (TPSA) is 15.3 Å². The molecule has 0 heterocycles. The Morgan fingerprint density at radius 3 is 2.46 bits per heavy atom. The van der Waals surface area contributed by atoms with Gasteiger partial charge in [-0.2, -0.15) is 11.8 Å². The molecule has 0 amide bonds. The lowest BCUT2D eigenvalue weighted by atomic mass is 10.3. The highest BCUT2D eigenvalue weighted by atomic mass is 32.2. The lowest BCUT2D eigenvalue weighted by molar-refractivity contribution is 0.234. The van der Waals surface area contributed by atoms with E-state index in [4.69, 9.17) is 0 Å². The fraction of sp³-hybridized carbons (Fsp3) is 1.00. The molecular formula is C10H24N2S. The van der Waals surface area contributed by atoms with Crippen molar-refractivity contribution in [3.8, 4) is 0 Å². The van der Waals surface area contributed by atoms with Crippen molar-refractivity contribution in [1.82, 2.24) is 10.2 Å². The number of rotatable bonds is 8. The molecule has 0 aromatic rings. The highest BCUT2D eigenvalue weighted by Crippen LogP contribution is 1.95. The fourth-order valence-corrected chi connectivity index (χ4v) is 1.65. The lowest BCUT2D eigenvalue weighted by Crippen LogP contribution is -2.37. The Balaban J connectivity index is 3.28. The normalized spacial score (nSPS) is 11.5. The first-order valence-corrected chi connectivity index (χ1v) is 6.55. The van der Waals surface area contributed by atoms with Crippen molar-refractivity contribution < 1.29 is 0 Å². The summed E-state index contributed by atoms with van der Waals surface area (Å²) in [5.74, 6) is 1.22. The summed E-state index contributed by atoms with van der Waals surface area (Å²) >= 11 is 1.90. The molecule has 3 heteroatoms. The molecule has 0 aromatic heterocycles. The van der Waals surface area contributed by atoms with Gasteiger partial charge >= 0.3 is 0 Å². The summed E-state index contributed by atoms with van der Waals surface area (Å²) in [6.45, 7) is 11.3. The van der Waals surface area contributed by atoms with Gasteiger partial charge in [-0.25, -0.2) is 0 Å². The number of likely N-dealkylation sites (N-methyl/N-ethyl adjacent to an activating group) is 1. The average molecular weight is 204 g/mol. The summed E-state index contributed by atoms with van der Waals surface area (Å²) in [6, 6.07) is 0.673. The van der Waals surface area contributed by atoms with Crippen molar-refractivity contribution in [2.24, 2.45) is 0 Å². The minimum Gasteiger partial charge on any atom is -0.315 e. The van der Waals surface area contributed by atoms with Crippen LogP contribution in [0.15, 0.2) is 0 Å². The molecule has 0 radical (unpaired) electrons. The van der Waals surface area contributed by atoms with Gasteiger partial charge in [0.1, 0.15) is 0 Å². The third-order valence-corrected chi connectivity index (χ3v) is 2.81. The Bertz CT molecular complexity index is 107. The molecule has 13 heavy (non-hydrogen) atoms. The SMILES string of the molecule is CCN(CCNCCSC)C(C)C. The lowest BCUT2D eigenvalue weighted by Gasteiger charge is -2.24. The van der Waals surface area contributed by atoms with Crippen LogP contribution in [0, 0.1) is 0 Å². The third-order valence-electron chi connectivity index (χ3n) is 2.20. The molecule has 0 spiro atoms. The van der Waals surface area contributed by atoms with Gasteiger partial charge in [0.15, 0.2) is 0 Å². The van der Waals surface area contributed by atoms with Crippen LogP contribution in [-0.2, 0) is 0 Å². The number of thioether (sulfide) groups is 1. The predicted octanol–water partition coefficient (Wildman–Crippen LogP) is 1.67. The monoisotopic (exact) mass is 204 g/mol. The van der Waals surface area contributed by atoms with Gasteiger partial charge in [0, 0.05) is 31.4 Å². The van der Waals surface area contributed by atoms with Crippen molar-refractivity contribution in [3.63, 3.8) is 0 Å². The van der Waals surface area contributed by atoms with Crippen LogP contribution in [0.5, 0.6) is 0 Å². The summed E-state index contributed by atoms with van der Waals surface area (Å²) in [6.07, 6.45) is 2.15. The summed E-state index contributed by atoms with van der Waals surface area (Å²) < 4.78 is 0. The van der Waals surface area contributed by atoms with Crippen LogP contribution in [0.3, 0.4) is 0 Å². The quantitative estimate of drug-likeness (QED) is 0.606. The van der Waals surface area contributed by atoms with Gasteiger partial charge in [0.05, 0.1) is 0 Å². The molecule has 0 saturated carbocycles. The van der Waals surface area contributed by atoms with Crippen molar-refractivity contribution in [2.45, 2.75) is 26.8 Å². The second-order valence-corrected chi connectivity index (χ2v) is 4.45. The van der Waals surface area contributed by atoms with Crippen LogP contribution >= 0.6 is 11.8 Å². The van der Waals surface area contributed by atoms with E-state index in [9.17, 15) is 0 Å². The highest BCUT2D eigenvalue weighted by molar-refractivity contribution is 7.98. The minimum absolute atomic E-state index is 0.673. The van der Waals surface area contributed by atoms with E-state index in [1.165, 1.54) is 12.3 Å². The van der Waals surface area contributed by atoms with E-state index in [0.29, 0.717) is 6.04 Å². The molecule has 0 unspecified atom stereocenters. The number of nitrogens with one attached hydrogen (secondary N) is 1. The van der Waals surface area contributed by atoms with Crippen molar-refractivity contribution in [1.29, 1.82) is 0 Å². The van der Waals surface area contributed by atoms with Crippen LogP contribution in [0.2, 0.25) is 0 Å². The number of hydrogen-bond acceptors (Lipinski definition) is 3. The smallest absolute Gasteiger partial charge is 0.0109 e. The molecule has 0 aromatic carbocycles. The van der Waals surface area contributed by atoms with Gasteiger partial charge < -0.3 is 5.32 Å². The van der Waals surface area contributed by atoms with Crippen molar-refractivity contribution in [2.75, 3.05) is 38.2 Å². The molecule has 0 fully saturated rings. The van der Waals surface area contributed by atoms with E-state index in [1.807, 2.05) is 11.8 Å². The van der Waals surface area contributed by atoms with E-state index >= 15 is 0 Å². The van der Waals surface area contributed by atoms with E-state index in [-0.39, 0.29) is 0 Å². The Labute approximate surface area is 87.5 Å². The van der Waals surface area contributed by atoms with Gasteiger partial charge in [0.25, 0.3) is 0 Å².